The van der Waals surface area contributed by atoms with Gasteiger partial charge in [-0.05, 0) is 67.4 Å². The summed E-state index contributed by atoms with van der Waals surface area (Å²) in [6, 6.07) is 18.0. The Bertz CT molecular complexity index is 1530. The van der Waals surface area contributed by atoms with Crippen LogP contribution >= 0.6 is 0 Å². The van der Waals surface area contributed by atoms with Gasteiger partial charge in [0.05, 0.1) is 17.3 Å². The van der Waals surface area contributed by atoms with Crippen LogP contribution in [0.15, 0.2) is 77.0 Å². The molecule has 4 aromatic rings. The number of aromatic nitrogens is 2. The number of hydrogen-bond donors (Lipinski definition) is 1. The monoisotopic (exact) mass is 484 g/mol. The van der Waals surface area contributed by atoms with Gasteiger partial charge in [0.2, 0.25) is 12.6 Å². The van der Waals surface area contributed by atoms with Crippen LogP contribution in [-0.4, -0.2) is 23.0 Å². The van der Waals surface area contributed by atoms with Crippen molar-refractivity contribution in [1.82, 2.24) is 15.5 Å². The van der Waals surface area contributed by atoms with Crippen molar-refractivity contribution >= 4 is 17.3 Å². The van der Waals surface area contributed by atoms with E-state index in [0.29, 0.717) is 45.4 Å². The summed E-state index contributed by atoms with van der Waals surface area (Å²) in [5.41, 5.74) is 4.11. The predicted octanol–water partition coefficient (Wildman–Crippen LogP) is 5.61. The first-order chi connectivity index (χ1) is 17.5. The molecule has 0 saturated carbocycles. The van der Waals surface area contributed by atoms with Crippen molar-refractivity contribution in [1.29, 1.82) is 0 Å². The van der Waals surface area contributed by atoms with Gasteiger partial charge in [0.25, 0.3) is 5.89 Å². The fraction of sp³-hybridized carbons (Fsp3) is 0.148. The van der Waals surface area contributed by atoms with E-state index >= 15 is 0 Å². The van der Waals surface area contributed by atoms with E-state index in [0.717, 1.165) is 5.56 Å². The molecular weight excluding hydrogens is 463 g/mol. The van der Waals surface area contributed by atoms with Gasteiger partial charge in [-0.2, -0.15) is 4.98 Å². The maximum atomic E-state index is 14.2. The fourth-order valence-electron chi connectivity index (χ4n) is 4.52. The summed E-state index contributed by atoms with van der Waals surface area (Å²) in [7, 11) is 0. The maximum absolute atomic E-state index is 14.2. The number of anilines is 1. The number of hydrogen-bond acceptors (Lipinski definition) is 6. The first kappa shape index (κ1) is 21.8. The number of halogens is 1. The van der Waals surface area contributed by atoms with Gasteiger partial charge in [0, 0.05) is 11.3 Å². The summed E-state index contributed by atoms with van der Waals surface area (Å²) in [4.78, 5) is 19.5. The zero-order valence-corrected chi connectivity index (χ0v) is 19.5. The minimum atomic E-state index is -0.695. The lowest BCUT2D eigenvalue weighted by atomic mass is 9.94. The number of rotatable bonds is 4. The van der Waals surface area contributed by atoms with Gasteiger partial charge in [-0.25, -0.2) is 9.18 Å². The number of nitrogens with zero attached hydrogens (tertiary/aromatic N) is 3. The Hall–Kier alpha value is -4.66. The second-order valence-corrected chi connectivity index (χ2v) is 8.60. The van der Waals surface area contributed by atoms with E-state index in [1.807, 2.05) is 44.2 Å². The molecule has 0 bridgehead atoms. The highest BCUT2D eigenvalue weighted by molar-refractivity contribution is 6.01. The molecule has 1 N–H and O–H groups in total. The van der Waals surface area contributed by atoms with Gasteiger partial charge in [-0.15, -0.1) is 0 Å². The molecule has 1 unspecified atom stereocenters. The largest absolute Gasteiger partial charge is 0.454 e. The first-order valence-corrected chi connectivity index (χ1v) is 11.4. The third kappa shape index (κ3) is 3.74. The maximum Gasteiger partial charge on any atom is 0.326 e. The minimum absolute atomic E-state index is 0.159. The van der Waals surface area contributed by atoms with E-state index < -0.39 is 11.9 Å². The Balaban J connectivity index is 1.48. The molecule has 0 fully saturated rings. The second kappa shape index (κ2) is 8.53. The Morgan fingerprint density at radius 2 is 1.83 bits per heavy atom. The lowest BCUT2D eigenvalue weighted by molar-refractivity contribution is 0.174. The number of fused-ring (bicyclic) bond motifs is 1. The highest BCUT2D eigenvalue weighted by atomic mass is 19.1. The molecular formula is C27H21FN4O4. The highest BCUT2D eigenvalue weighted by Gasteiger charge is 2.36. The van der Waals surface area contributed by atoms with Gasteiger partial charge >= 0.3 is 6.03 Å². The molecule has 6 rings (SSSR count). The molecule has 8 nitrogen and oxygen atoms in total. The molecule has 36 heavy (non-hydrogen) atoms. The third-order valence-electron chi connectivity index (χ3n) is 6.21. The minimum Gasteiger partial charge on any atom is -0.454 e. The highest BCUT2D eigenvalue weighted by Crippen LogP contribution is 2.40. The number of carbonyl (C=O) groups is 1. The number of allylic oxidation sites excluding steroid dienone is 1. The lowest BCUT2D eigenvalue weighted by Crippen LogP contribution is -2.46. The van der Waals surface area contributed by atoms with Crippen molar-refractivity contribution in [2.24, 2.45) is 0 Å². The molecule has 3 aromatic carbocycles. The summed E-state index contributed by atoms with van der Waals surface area (Å²) < 4.78 is 30.7. The molecule has 1 aromatic heterocycles. The topological polar surface area (TPSA) is 89.7 Å². The summed E-state index contributed by atoms with van der Waals surface area (Å²) in [6.07, 6.45) is 0. The summed E-state index contributed by atoms with van der Waals surface area (Å²) in [6.45, 7) is 3.93. The molecule has 0 spiro atoms. The smallest absolute Gasteiger partial charge is 0.326 e. The number of urea groups is 1. The molecule has 2 aliphatic rings. The van der Waals surface area contributed by atoms with Gasteiger partial charge in [0.1, 0.15) is 5.82 Å². The normalized spacial score (nSPS) is 16.9. The summed E-state index contributed by atoms with van der Waals surface area (Å²) in [5, 5.41) is 7.16. The van der Waals surface area contributed by atoms with Crippen LogP contribution in [0.1, 0.15) is 30.0 Å². The Kier molecular flexibility index (Phi) is 5.18. The van der Waals surface area contributed by atoms with Crippen LogP contribution in [0.2, 0.25) is 0 Å². The van der Waals surface area contributed by atoms with Gasteiger partial charge < -0.3 is 19.3 Å². The number of aryl methyl sites for hydroxylation is 1. The lowest BCUT2D eigenvalue weighted by Gasteiger charge is -2.35. The molecule has 0 radical (unpaired) electrons. The average molecular weight is 484 g/mol. The third-order valence-corrected chi connectivity index (χ3v) is 6.21. The van der Waals surface area contributed by atoms with Crippen LogP contribution < -0.4 is 19.7 Å². The van der Waals surface area contributed by atoms with E-state index in [-0.39, 0.29) is 18.7 Å². The van der Waals surface area contributed by atoms with E-state index in [1.54, 1.807) is 29.2 Å². The molecule has 9 heteroatoms. The fourth-order valence-corrected chi connectivity index (χ4v) is 4.52. The van der Waals surface area contributed by atoms with E-state index in [4.69, 9.17) is 14.0 Å². The predicted molar refractivity (Wildman–Crippen MR) is 130 cm³/mol. The number of ether oxygens (including phenoxy) is 2. The molecule has 2 amide bonds. The molecule has 2 aliphatic heterocycles. The zero-order chi connectivity index (χ0) is 24.8. The van der Waals surface area contributed by atoms with Crippen molar-refractivity contribution in [2.45, 2.75) is 19.9 Å². The van der Waals surface area contributed by atoms with E-state index in [2.05, 4.69) is 15.5 Å². The van der Waals surface area contributed by atoms with Crippen LogP contribution in [0.25, 0.3) is 17.0 Å². The van der Waals surface area contributed by atoms with Gasteiger partial charge in [0.15, 0.2) is 11.5 Å². The Labute approximate surface area is 206 Å². The van der Waals surface area contributed by atoms with E-state index in [1.165, 1.54) is 12.1 Å². The van der Waals surface area contributed by atoms with Crippen molar-refractivity contribution < 1.29 is 23.2 Å². The molecule has 180 valence electrons. The van der Waals surface area contributed by atoms with Crippen LogP contribution in [0, 0.1) is 12.7 Å². The van der Waals surface area contributed by atoms with Crippen LogP contribution in [0.5, 0.6) is 11.5 Å². The first-order valence-electron chi connectivity index (χ1n) is 11.4. The zero-order valence-electron chi connectivity index (χ0n) is 19.5. The second-order valence-electron chi connectivity index (χ2n) is 8.60. The standard InChI is InChI=1S/C27H21FN4O4/c1-15-5-3-8-20(11-15)32-16(2)23(24(29-27(32)33)17-6-4-7-19(28)12-17)26-30-25(31-36-26)18-9-10-21-22(13-18)35-14-34-21/h3-13,24H,14H2,1-2H3,(H,29,33). The SMILES string of the molecule is CC1=C(c2nc(-c3ccc4c(c3)OCO4)no2)C(c2cccc(F)c2)NC(=O)N1c1cccc(C)c1. The molecule has 1 atom stereocenters. The van der Waals surface area contributed by atoms with Crippen molar-refractivity contribution in [3.05, 3.63) is 95.3 Å². The Morgan fingerprint density at radius 1 is 1.00 bits per heavy atom. The number of carbonyl (C=O) groups excluding carboxylic acids is 1. The van der Waals surface area contributed by atoms with Crippen LogP contribution in [0.3, 0.4) is 0 Å². The van der Waals surface area contributed by atoms with Crippen molar-refractivity contribution in [3.8, 4) is 22.9 Å². The number of benzene rings is 3. The number of amides is 2. The Morgan fingerprint density at radius 3 is 2.67 bits per heavy atom. The summed E-state index contributed by atoms with van der Waals surface area (Å²) in [5.74, 6) is 1.40. The van der Waals surface area contributed by atoms with E-state index in [9.17, 15) is 9.18 Å². The average Bonchev–Trinajstić information content (AvgIpc) is 3.53. The quantitative estimate of drug-likeness (QED) is 0.405. The molecule has 0 aliphatic carbocycles. The molecule has 0 saturated heterocycles. The number of nitrogens with one attached hydrogen (secondary N) is 1. The van der Waals surface area contributed by atoms with Gasteiger partial charge in [-0.1, -0.05) is 29.4 Å². The van der Waals surface area contributed by atoms with Crippen LogP contribution in [-0.2, 0) is 0 Å². The van der Waals surface area contributed by atoms with Gasteiger partial charge in [-0.3, -0.25) is 4.90 Å². The molecule has 3 heterocycles. The summed E-state index contributed by atoms with van der Waals surface area (Å²) >= 11 is 0. The van der Waals surface area contributed by atoms with Crippen molar-refractivity contribution in [2.75, 3.05) is 11.7 Å². The van der Waals surface area contributed by atoms with Crippen molar-refractivity contribution in [3.63, 3.8) is 0 Å². The van der Waals surface area contributed by atoms with Crippen LogP contribution in [0.4, 0.5) is 14.9 Å².